The summed E-state index contributed by atoms with van der Waals surface area (Å²) < 4.78 is 0. The van der Waals surface area contributed by atoms with E-state index >= 15 is 0 Å². The third-order valence-corrected chi connectivity index (χ3v) is 6.42. The van der Waals surface area contributed by atoms with Crippen LogP contribution in [0.2, 0.25) is 0 Å². The van der Waals surface area contributed by atoms with Gasteiger partial charge in [-0.2, -0.15) is 5.26 Å². The Bertz CT molecular complexity index is 891. The van der Waals surface area contributed by atoms with E-state index in [2.05, 4.69) is 25.1 Å². The maximum absolute atomic E-state index is 12.7. The van der Waals surface area contributed by atoms with Gasteiger partial charge in [0.25, 0.3) is 0 Å². The topological polar surface area (TPSA) is 61.2 Å². The molecule has 0 aliphatic carbocycles. The lowest BCUT2D eigenvalue weighted by Gasteiger charge is -2.32. The first-order chi connectivity index (χ1) is 15.1. The number of carbonyl (C=O) groups is 2. The fourth-order valence-corrected chi connectivity index (χ4v) is 4.36. The zero-order chi connectivity index (χ0) is 22.1. The van der Waals surface area contributed by atoms with Crippen LogP contribution in [0.15, 0.2) is 54.6 Å². The number of hydrogen-bond donors (Lipinski definition) is 0. The summed E-state index contributed by atoms with van der Waals surface area (Å²) in [4.78, 5) is 27.0. The highest BCUT2D eigenvalue weighted by molar-refractivity contribution is 5.96. The quantitative estimate of drug-likeness (QED) is 0.387. The summed E-state index contributed by atoms with van der Waals surface area (Å²) in [5.74, 6) is 1.32. The summed E-state index contributed by atoms with van der Waals surface area (Å²) in [5, 5.41) is 8.84. The van der Waals surface area contributed by atoms with Gasteiger partial charge in [-0.05, 0) is 48.8 Å². The lowest BCUT2D eigenvalue weighted by Crippen LogP contribution is -2.38. The smallest absolute Gasteiger partial charge is 0.223 e. The minimum atomic E-state index is 0.150. The van der Waals surface area contributed by atoms with Gasteiger partial charge in [0.2, 0.25) is 5.91 Å². The van der Waals surface area contributed by atoms with Crippen LogP contribution in [-0.2, 0) is 4.79 Å². The molecule has 1 aliphatic rings. The SMILES string of the molecule is C[C@@H](CC(=O)N1CCC(CCCCC(=O)c2ccc(C#N)cc2)CC1)c1ccccc1. The van der Waals surface area contributed by atoms with Crippen LogP contribution in [-0.4, -0.2) is 29.7 Å². The second-order valence-corrected chi connectivity index (χ2v) is 8.70. The van der Waals surface area contributed by atoms with Crippen LogP contribution in [0.1, 0.15) is 79.3 Å². The van der Waals surface area contributed by atoms with Crippen LogP contribution in [0.5, 0.6) is 0 Å². The van der Waals surface area contributed by atoms with Gasteiger partial charge in [0.1, 0.15) is 0 Å². The number of Topliss-reactive ketones (excluding diaryl/α,β-unsaturated/α-hetero) is 1. The van der Waals surface area contributed by atoms with Gasteiger partial charge in [0, 0.05) is 31.5 Å². The summed E-state index contributed by atoms with van der Waals surface area (Å²) in [6, 6.07) is 19.2. The van der Waals surface area contributed by atoms with Crippen LogP contribution >= 0.6 is 0 Å². The number of ketones is 1. The number of benzene rings is 2. The Morgan fingerprint density at radius 2 is 1.71 bits per heavy atom. The zero-order valence-electron chi connectivity index (χ0n) is 18.4. The van der Waals surface area contributed by atoms with Crippen LogP contribution in [0.4, 0.5) is 0 Å². The molecular weight excluding hydrogens is 384 g/mol. The van der Waals surface area contributed by atoms with Crippen LogP contribution in [0.3, 0.4) is 0 Å². The molecule has 4 heteroatoms. The van der Waals surface area contributed by atoms with Gasteiger partial charge in [-0.25, -0.2) is 0 Å². The lowest BCUT2D eigenvalue weighted by molar-refractivity contribution is -0.133. The highest BCUT2D eigenvalue weighted by Gasteiger charge is 2.24. The van der Waals surface area contributed by atoms with Crippen molar-refractivity contribution in [3.05, 3.63) is 71.3 Å². The number of rotatable bonds is 9. The Kier molecular flexibility index (Phi) is 8.41. The molecule has 0 bridgehead atoms. The van der Waals surface area contributed by atoms with Crippen molar-refractivity contribution in [2.45, 2.75) is 57.8 Å². The van der Waals surface area contributed by atoms with Crippen LogP contribution in [0.25, 0.3) is 0 Å². The molecular formula is C27H32N2O2. The minimum absolute atomic E-state index is 0.150. The second-order valence-electron chi connectivity index (χ2n) is 8.70. The predicted molar refractivity (Wildman–Crippen MR) is 123 cm³/mol. The van der Waals surface area contributed by atoms with Gasteiger partial charge in [-0.1, -0.05) is 62.2 Å². The van der Waals surface area contributed by atoms with Crippen molar-refractivity contribution in [1.29, 1.82) is 5.26 Å². The van der Waals surface area contributed by atoms with E-state index in [1.165, 1.54) is 5.56 Å². The molecule has 4 nitrogen and oxygen atoms in total. The first-order valence-corrected chi connectivity index (χ1v) is 11.4. The van der Waals surface area contributed by atoms with Gasteiger partial charge in [0.15, 0.2) is 5.78 Å². The average molecular weight is 417 g/mol. The number of unbranched alkanes of at least 4 members (excludes halogenated alkanes) is 1. The third-order valence-electron chi connectivity index (χ3n) is 6.42. The van der Waals surface area contributed by atoms with Crippen LogP contribution < -0.4 is 0 Å². The normalized spacial score (nSPS) is 15.3. The minimum Gasteiger partial charge on any atom is -0.343 e. The molecule has 1 atom stereocenters. The van der Waals surface area contributed by atoms with Gasteiger partial charge in [0.05, 0.1) is 11.6 Å². The van der Waals surface area contributed by atoms with Crippen LogP contribution in [0, 0.1) is 17.2 Å². The fourth-order valence-electron chi connectivity index (χ4n) is 4.36. The number of hydrogen-bond acceptors (Lipinski definition) is 3. The molecule has 0 saturated carbocycles. The van der Waals surface area contributed by atoms with E-state index in [1.807, 2.05) is 23.1 Å². The van der Waals surface area contributed by atoms with Gasteiger partial charge < -0.3 is 4.90 Å². The van der Waals surface area contributed by atoms with E-state index in [-0.39, 0.29) is 17.6 Å². The Labute approximate surface area is 185 Å². The molecule has 162 valence electrons. The standard InChI is InChI=1S/C27H32N2O2/c1-21(24-8-3-2-4-9-24)19-27(31)29-17-15-22(16-18-29)7-5-6-10-26(30)25-13-11-23(20-28)12-14-25/h2-4,8-9,11-14,21-22H,5-7,10,15-19H2,1H3/t21-/m0/s1. The number of amides is 1. The Hall–Kier alpha value is -2.93. The van der Waals surface area contributed by atoms with Gasteiger partial charge in [-0.3, -0.25) is 9.59 Å². The van der Waals surface area contributed by atoms with Gasteiger partial charge >= 0.3 is 0 Å². The lowest BCUT2D eigenvalue weighted by atomic mass is 9.90. The van der Waals surface area contributed by atoms with E-state index in [0.717, 1.165) is 45.2 Å². The molecule has 1 heterocycles. The highest BCUT2D eigenvalue weighted by Crippen LogP contribution is 2.26. The van der Waals surface area contributed by atoms with Crippen molar-refractivity contribution in [3.63, 3.8) is 0 Å². The largest absolute Gasteiger partial charge is 0.343 e. The van der Waals surface area contributed by atoms with Crippen molar-refractivity contribution < 1.29 is 9.59 Å². The maximum atomic E-state index is 12.7. The summed E-state index contributed by atoms with van der Waals surface area (Å²) in [6.45, 7) is 3.84. The van der Waals surface area contributed by atoms with E-state index in [4.69, 9.17) is 5.26 Å². The summed E-state index contributed by atoms with van der Waals surface area (Å²) >= 11 is 0. The number of carbonyl (C=O) groups excluding carboxylic acids is 2. The number of likely N-dealkylation sites (tertiary alicyclic amines) is 1. The molecule has 0 spiro atoms. The van der Waals surface area contributed by atoms with E-state index in [1.54, 1.807) is 24.3 Å². The maximum Gasteiger partial charge on any atom is 0.223 e. The molecule has 0 radical (unpaired) electrons. The molecule has 1 fully saturated rings. The molecule has 31 heavy (non-hydrogen) atoms. The molecule has 0 N–H and O–H groups in total. The third kappa shape index (κ3) is 6.79. The summed E-state index contributed by atoms with van der Waals surface area (Å²) in [7, 11) is 0. The molecule has 1 aliphatic heterocycles. The molecule has 0 aromatic heterocycles. The predicted octanol–water partition coefficient (Wildman–Crippen LogP) is 5.73. The molecule has 2 aromatic carbocycles. The first kappa shape index (κ1) is 22.7. The number of piperidine rings is 1. The molecule has 1 saturated heterocycles. The molecule has 1 amide bonds. The summed E-state index contributed by atoms with van der Waals surface area (Å²) in [6.07, 6.45) is 6.33. The van der Waals surface area contributed by atoms with Crippen molar-refractivity contribution in [2.24, 2.45) is 5.92 Å². The first-order valence-electron chi connectivity index (χ1n) is 11.4. The van der Waals surface area contributed by atoms with E-state index in [0.29, 0.717) is 29.9 Å². The highest BCUT2D eigenvalue weighted by atomic mass is 16.2. The van der Waals surface area contributed by atoms with Crippen molar-refractivity contribution in [1.82, 2.24) is 4.90 Å². The molecule has 3 rings (SSSR count). The van der Waals surface area contributed by atoms with Crippen molar-refractivity contribution in [2.75, 3.05) is 13.1 Å². The number of nitriles is 1. The molecule has 0 unspecified atom stereocenters. The summed E-state index contributed by atoms with van der Waals surface area (Å²) in [5.41, 5.74) is 2.49. The Morgan fingerprint density at radius 1 is 1.03 bits per heavy atom. The monoisotopic (exact) mass is 416 g/mol. The van der Waals surface area contributed by atoms with E-state index in [9.17, 15) is 9.59 Å². The molecule has 2 aromatic rings. The second kappa shape index (κ2) is 11.5. The Balaban J connectivity index is 1.32. The average Bonchev–Trinajstić information content (AvgIpc) is 2.82. The Morgan fingerprint density at radius 3 is 2.35 bits per heavy atom. The fraction of sp³-hybridized carbons (Fsp3) is 0.444. The zero-order valence-corrected chi connectivity index (χ0v) is 18.4. The van der Waals surface area contributed by atoms with Crippen molar-refractivity contribution in [3.8, 4) is 6.07 Å². The van der Waals surface area contributed by atoms with E-state index < -0.39 is 0 Å². The van der Waals surface area contributed by atoms with Gasteiger partial charge in [-0.15, -0.1) is 0 Å². The number of nitrogens with zero attached hydrogens (tertiary/aromatic N) is 2. The van der Waals surface area contributed by atoms with Crippen molar-refractivity contribution >= 4 is 11.7 Å².